The molecule has 0 bridgehead atoms. The first kappa shape index (κ1) is 16.9. The number of amides is 2. The first-order valence-corrected chi connectivity index (χ1v) is 6.61. The SMILES string of the molecule is CCN(CC(=O)NC(C)C)C(=O)C(CN)C(C)C. The maximum Gasteiger partial charge on any atom is 0.239 e. The average molecular weight is 257 g/mol. The number of likely N-dealkylation sites (N-methyl/N-ethyl adjacent to an activating group) is 1. The smallest absolute Gasteiger partial charge is 0.239 e. The normalized spacial score (nSPS) is 12.7. The molecule has 106 valence electrons. The van der Waals surface area contributed by atoms with Gasteiger partial charge in [-0.25, -0.2) is 0 Å². The maximum atomic E-state index is 12.2. The fourth-order valence-electron chi connectivity index (χ4n) is 1.78. The molecule has 0 aliphatic carbocycles. The molecular weight excluding hydrogens is 230 g/mol. The van der Waals surface area contributed by atoms with Crippen LogP contribution in [0.4, 0.5) is 0 Å². The summed E-state index contributed by atoms with van der Waals surface area (Å²) in [5.74, 6) is -0.185. The molecular formula is C13H27N3O2. The van der Waals surface area contributed by atoms with Crippen LogP contribution >= 0.6 is 0 Å². The van der Waals surface area contributed by atoms with Crippen LogP contribution in [0, 0.1) is 11.8 Å². The van der Waals surface area contributed by atoms with Crippen molar-refractivity contribution in [2.75, 3.05) is 19.6 Å². The van der Waals surface area contributed by atoms with Crippen molar-refractivity contribution < 1.29 is 9.59 Å². The van der Waals surface area contributed by atoms with E-state index in [0.29, 0.717) is 13.1 Å². The molecule has 5 heteroatoms. The molecule has 1 unspecified atom stereocenters. The molecule has 3 N–H and O–H groups in total. The molecule has 5 nitrogen and oxygen atoms in total. The summed E-state index contributed by atoms with van der Waals surface area (Å²) in [7, 11) is 0. The lowest BCUT2D eigenvalue weighted by Crippen LogP contribution is -2.47. The maximum absolute atomic E-state index is 12.2. The summed E-state index contributed by atoms with van der Waals surface area (Å²) in [4.78, 5) is 25.5. The van der Waals surface area contributed by atoms with Crippen molar-refractivity contribution in [2.24, 2.45) is 17.6 Å². The topological polar surface area (TPSA) is 75.4 Å². The van der Waals surface area contributed by atoms with Gasteiger partial charge in [-0.2, -0.15) is 0 Å². The molecule has 18 heavy (non-hydrogen) atoms. The molecule has 0 spiro atoms. The summed E-state index contributed by atoms with van der Waals surface area (Å²) >= 11 is 0. The molecule has 0 fully saturated rings. The van der Waals surface area contributed by atoms with E-state index in [2.05, 4.69) is 5.32 Å². The van der Waals surface area contributed by atoms with Crippen molar-refractivity contribution in [3.8, 4) is 0 Å². The Bertz CT molecular complexity index is 277. The molecule has 1 atom stereocenters. The van der Waals surface area contributed by atoms with Crippen molar-refractivity contribution in [3.05, 3.63) is 0 Å². The van der Waals surface area contributed by atoms with Gasteiger partial charge < -0.3 is 16.0 Å². The molecule has 0 heterocycles. The lowest BCUT2D eigenvalue weighted by atomic mass is 9.94. The Morgan fingerprint density at radius 2 is 1.78 bits per heavy atom. The van der Waals surface area contributed by atoms with Crippen LogP contribution in [-0.2, 0) is 9.59 Å². The van der Waals surface area contributed by atoms with Gasteiger partial charge in [-0.1, -0.05) is 13.8 Å². The van der Waals surface area contributed by atoms with Crippen LogP contribution in [0.1, 0.15) is 34.6 Å². The van der Waals surface area contributed by atoms with Gasteiger partial charge in [0, 0.05) is 19.1 Å². The Morgan fingerprint density at radius 1 is 1.22 bits per heavy atom. The van der Waals surface area contributed by atoms with Gasteiger partial charge in [-0.3, -0.25) is 9.59 Å². The van der Waals surface area contributed by atoms with Gasteiger partial charge in [0.2, 0.25) is 11.8 Å². The minimum atomic E-state index is -0.211. The first-order chi connectivity index (χ1) is 8.33. The van der Waals surface area contributed by atoms with Crippen LogP contribution in [0.15, 0.2) is 0 Å². The molecule has 0 aromatic carbocycles. The zero-order chi connectivity index (χ0) is 14.3. The van der Waals surface area contributed by atoms with Crippen LogP contribution in [-0.4, -0.2) is 42.4 Å². The van der Waals surface area contributed by atoms with E-state index < -0.39 is 0 Å². The van der Waals surface area contributed by atoms with Crippen molar-refractivity contribution in [1.29, 1.82) is 0 Å². The highest BCUT2D eigenvalue weighted by Crippen LogP contribution is 2.12. The third-order valence-electron chi connectivity index (χ3n) is 2.85. The van der Waals surface area contributed by atoms with E-state index in [4.69, 9.17) is 5.73 Å². The number of nitrogens with zero attached hydrogens (tertiary/aromatic N) is 1. The summed E-state index contributed by atoms with van der Waals surface area (Å²) in [5.41, 5.74) is 5.63. The van der Waals surface area contributed by atoms with Gasteiger partial charge in [0.1, 0.15) is 0 Å². The standard InChI is InChI=1S/C13H27N3O2/c1-6-16(8-12(17)15-10(4)5)13(18)11(7-14)9(2)3/h9-11H,6-8,14H2,1-5H3,(H,15,17). The first-order valence-electron chi connectivity index (χ1n) is 6.61. The second-order valence-corrected chi connectivity index (χ2v) is 5.16. The second-order valence-electron chi connectivity index (χ2n) is 5.16. The lowest BCUT2D eigenvalue weighted by Gasteiger charge is -2.27. The number of carbonyl (C=O) groups excluding carboxylic acids is 2. The van der Waals surface area contributed by atoms with Gasteiger partial charge in [0.05, 0.1) is 12.5 Å². The minimum absolute atomic E-state index is 0.0334. The highest BCUT2D eigenvalue weighted by Gasteiger charge is 2.26. The molecule has 0 aliphatic heterocycles. The van der Waals surface area contributed by atoms with Crippen LogP contribution in [0.3, 0.4) is 0 Å². The molecule has 0 saturated carbocycles. The fourth-order valence-corrected chi connectivity index (χ4v) is 1.78. The summed E-state index contributed by atoms with van der Waals surface area (Å²) < 4.78 is 0. The molecule has 0 aromatic rings. The van der Waals surface area contributed by atoms with Gasteiger partial charge in [0.15, 0.2) is 0 Å². The number of nitrogens with two attached hydrogens (primary N) is 1. The number of nitrogens with one attached hydrogen (secondary N) is 1. The van der Waals surface area contributed by atoms with E-state index in [-0.39, 0.29) is 36.2 Å². The van der Waals surface area contributed by atoms with Crippen LogP contribution in [0.25, 0.3) is 0 Å². The van der Waals surface area contributed by atoms with Gasteiger partial charge in [-0.15, -0.1) is 0 Å². The third-order valence-corrected chi connectivity index (χ3v) is 2.85. The second kappa shape index (κ2) is 8.08. The molecule has 0 radical (unpaired) electrons. The number of carbonyl (C=O) groups is 2. The van der Waals surface area contributed by atoms with Crippen molar-refractivity contribution in [3.63, 3.8) is 0 Å². The van der Waals surface area contributed by atoms with Crippen molar-refractivity contribution >= 4 is 11.8 Å². The van der Waals surface area contributed by atoms with Crippen LogP contribution < -0.4 is 11.1 Å². The largest absolute Gasteiger partial charge is 0.352 e. The van der Waals surface area contributed by atoms with Gasteiger partial charge in [0.25, 0.3) is 0 Å². The number of rotatable bonds is 7. The van der Waals surface area contributed by atoms with E-state index in [1.807, 2.05) is 34.6 Å². The Hall–Kier alpha value is -1.10. The van der Waals surface area contributed by atoms with E-state index in [0.717, 1.165) is 0 Å². The summed E-state index contributed by atoms with van der Waals surface area (Å²) in [6, 6.07) is 0.0849. The third kappa shape index (κ3) is 5.49. The molecule has 0 rings (SSSR count). The van der Waals surface area contributed by atoms with Crippen molar-refractivity contribution in [1.82, 2.24) is 10.2 Å². The molecule has 0 saturated heterocycles. The Morgan fingerprint density at radius 3 is 2.11 bits per heavy atom. The molecule has 2 amide bonds. The number of hydrogen-bond acceptors (Lipinski definition) is 3. The number of hydrogen-bond donors (Lipinski definition) is 2. The minimum Gasteiger partial charge on any atom is -0.352 e. The van der Waals surface area contributed by atoms with E-state index in [1.54, 1.807) is 4.90 Å². The Kier molecular flexibility index (Phi) is 7.59. The Balaban J connectivity index is 4.57. The summed E-state index contributed by atoms with van der Waals surface area (Å²) in [6.45, 7) is 10.5. The predicted molar refractivity (Wildman–Crippen MR) is 72.9 cm³/mol. The monoisotopic (exact) mass is 257 g/mol. The fraction of sp³-hybridized carbons (Fsp3) is 0.846. The van der Waals surface area contributed by atoms with Crippen molar-refractivity contribution in [2.45, 2.75) is 40.7 Å². The zero-order valence-corrected chi connectivity index (χ0v) is 12.2. The molecule has 0 aliphatic rings. The highest BCUT2D eigenvalue weighted by molar-refractivity contribution is 5.86. The zero-order valence-electron chi connectivity index (χ0n) is 12.2. The van der Waals surface area contributed by atoms with E-state index in [1.165, 1.54) is 0 Å². The Labute approximate surface area is 110 Å². The van der Waals surface area contributed by atoms with Gasteiger partial charge >= 0.3 is 0 Å². The quantitative estimate of drug-likeness (QED) is 0.701. The summed E-state index contributed by atoms with van der Waals surface area (Å²) in [5, 5.41) is 2.78. The lowest BCUT2D eigenvalue weighted by molar-refractivity contribution is -0.140. The van der Waals surface area contributed by atoms with Crippen LogP contribution in [0.2, 0.25) is 0 Å². The molecule has 0 aromatic heterocycles. The average Bonchev–Trinajstić information content (AvgIpc) is 2.24. The van der Waals surface area contributed by atoms with Crippen LogP contribution in [0.5, 0.6) is 0 Å². The van der Waals surface area contributed by atoms with E-state index in [9.17, 15) is 9.59 Å². The van der Waals surface area contributed by atoms with Gasteiger partial charge in [-0.05, 0) is 26.7 Å². The summed E-state index contributed by atoms with van der Waals surface area (Å²) in [6.07, 6.45) is 0. The highest BCUT2D eigenvalue weighted by atomic mass is 16.2. The predicted octanol–water partition coefficient (Wildman–Crippen LogP) is 0.590. The van der Waals surface area contributed by atoms with E-state index >= 15 is 0 Å².